The van der Waals surface area contributed by atoms with E-state index in [-0.39, 0.29) is 5.41 Å². The molecule has 4 nitrogen and oxygen atoms in total. The first-order valence-electron chi connectivity index (χ1n) is 7.53. The van der Waals surface area contributed by atoms with Gasteiger partial charge in [-0.3, -0.25) is 0 Å². The molecule has 0 atom stereocenters. The Balaban J connectivity index is 2.26. The Bertz CT molecular complexity index is 603. The lowest BCUT2D eigenvalue weighted by atomic mass is 9.87. The molecule has 0 bridgehead atoms. The highest BCUT2D eigenvalue weighted by molar-refractivity contribution is 5.71. The van der Waals surface area contributed by atoms with Gasteiger partial charge >= 0.3 is 0 Å². The van der Waals surface area contributed by atoms with Crippen LogP contribution in [0.5, 0.6) is 0 Å². The molecule has 4 heteroatoms. The first kappa shape index (κ1) is 15.4. The van der Waals surface area contributed by atoms with Crippen molar-refractivity contribution < 1.29 is 0 Å². The smallest absolute Gasteiger partial charge is 0.152 e. The number of rotatable bonds is 4. The minimum absolute atomic E-state index is 0.165. The predicted molar refractivity (Wildman–Crippen MR) is 90.1 cm³/mol. The molecule has 0 aliphatic carbocycles. The van der Waals surface area contributed by atoms with Gasteiger partial charge < -0.3 is 11.1 Å². The number of anilines is 3. The first-order valence-corrected chi connectivity index (χ1v) is 7.53. The van der Waals surface area contributed by atoms with E-state index >= 15 is 0 Å². The number of aryl methyl sites for hydroxylation is 2. The van der Waals surface area contributed by atoms with Crippen molar-refractivity contribution in [2.75, 3.05) is 11.1 Å². The van der Waals surface area contributed by atoms with Crippen LogP contribution in [0.1, 0.15) is 45.4 Å². The second-order valence-electron chi connectivity index (χ2n) is 6.52. The van der Waals surface area contributed by atoms with Crippen molar-refractivity contribution >= 4 is 17.2 Å². The van der Waals surface area contributed by atoms with Gasteiger partial charge in [-0.15, -0.1) is 0 Å². The van der Waals surface area contributed by atoms with E-state index < -0.39 is 0 Å². The molecule has 0 amide bonds. The van der Waals surface area contributed by atoms with Gasteiger partial charge in [-0.1, -0.05) is 39.8 Å². The van der Waals surface area contributed by atoms with Crippen molar-refractivity contribution in [2.24, 2.45) is 0 Å². The Hall–Kier alpha value is -1.97. The van der Waals surface area contributed by atoms with Crippen LogP contribution >= 0.6 is 0 Å². The molecule has 3 N–H and O–H groups in total. The van der Waals surface area contributed by atoms with Gasteiger partial charge in [0, 0.05) is 12.2 Å². The molecular weight excluding hydrogens is 260 g/mol. The predicted octanol–water partition coefficient (Wildman–Crippen LogP) is 4.22. The summed E-state index contributed by atoms with van der Waals surface area (Å²) in [5.41, 5.74) is 10.3. The van der Waals surface area contributed by atoms with Crippen molar-refractivity contribution in [3.05, 3.63) is 35.5 Å². The molecule has 2 aromatic rings. The van der Waals surface area contributed by atoms with Crippen molar-refractivity contribution in [2.45, 2.75) is 53.0 Å². The molecule has 0 aliphatic heterocycles. The highest BCUT2D eigenvalue weighted by atomic mass is 15.3. The van der Waals surface area contributed by atoms with Crippen LogP contribution in [-0.4, -0.2) is 9.78 Å². The second kappa shape index (κ2) is 5.80. The lowest BCUT2D eigenvalue weighted by Crippen LogP contribution is -2.11. The van der Waals surface area contributed by atoms with Gasteiger partial charge in [0.25, 0.3) is 0 Å². The molecule has 1 aromatic heterocycles. The van der Waals surface area contributed by atoms with Gasteiger partial charge in [-0.2, -0.15) is 5.10 Å². The van der Waals surface area contributed by atoms with Crippen LogP contribution in [0.25, 0.3) is 0 Å². The molecule has 21 heavy (non-hydrogen) atoms. The number of hydrogen-bond acceptors (Lipinski definition) is 3. The van der Waals surface area contributed by atoms with Crippen molar-refractivity contribution in [1.82, 2.24) is 9.78 Å². The quantitative estimate of drug-likeness (QED) is 0.884. The average molecular weight is 286 g/mol. The molecule has 0 spiro atoms. The van der Waals surface area contributed by atoms with Crippen molar-refractivity contribution in [3.63, 3.8) is 0 Å². The summed E-state index contributed by atoms with van der Waals surface area (Å²) in [6, 6.07) is 8.51. The maximum absolute atomic E-state index is 6.13. The minimum Gasteiger partial charge on any atom is -0.394 e. The monoisotopic (exact) mass is 286 g/mol. The fourth-order valence-corrected chi connectivity index (χ4v) is 2.29. The van der Waals surface area contributed by atoms with E-state index in [1.807, 2.05) is 11.6 Å². The van der Waals surface area contributed by atoms with Crippen LogP contribution < -0.4 is 11.1 Å². The molecule has 2 rings (SSSR count). The lowest BCUT2D eigenvalue weighted by Gasteiger charge is -2.19. The molecule has 0 fully saturated rings. The Kier molecular flexibility index (Phi) is 4.26. The summed E-state index contributed by atoms with van der Waals surface area (Å²) in [5, 5.41) is 7.88. The van der Waals surface area contributed by atoms with Gasteiger partial charge in [-0.05, 0) is 36.5 Å². The third-order valence-electron chi connectivity index (χ3n) is 3.62. The first-order chi connectivity index (χ1) is 9.82. The lowest BCUT2D eigenvalue weighted by molar-refractivity contribution is 0.590. The van der Waals surface area contributed by atoms with Gasteiger partial charge in [0.15, 0.2) is 5.82 Å². The number of benzene rings is 1. The van der Waals surface area contributed by atoms with Gasteiger partial charge in [0.2, 0.25) is 0 Å². The third kappa shape index (κ3) is 3.38. The maximum Gasteiger partial charge on any atom is 0.152 e. The second-order valence-corrected chi connectivity index (χ2v) is 6.52. The van der Waals surface area contributed by atoms with E-state index in [1.54, 1.807) is 0 Å². The van der Waals surface area contributed by atoms with Crippen LogP contribution in [0.4, 0.5) is 17.2 Å². The largest absolute Gasteiger partial charge is 0.394 e. The van der Waals surface area contributed by atoms with Gasteiger partial charge in [0.1, 0.15) is 0 Å². The zero-order chi connectivity index (χ0) is 15.6. The number of nitrogens with one attached hydrogen (secondary N) is 1. The maximum atomic E-state index is 6.13. The summed E-state index contributed by atoms with van der Waals surface area (Å²) in [6.45, 7) is 11.6. The topological polar surface area (TPSA) is 55.9 Å². The Labute approximate surface area is 127 Å². The van der Waals surface area contributed by atoms with Crippen molar-refractivity contribution in [3.8, 4) is 0 Å². The summed E-state index contributed by atoms with van der Waals surface area (Å²) in [5.74, 6) is 0.887. The zero-order valence-electron chi connectivity index (χ0n) is 13.7. The molecule has 0 aliphatic rings. The summed E-state index contributed by atoms with van der Waals surface area (Å²) in [4.78, 5) is 0. The van der Waals surface area contributed by atoms with Crippen LogP contribution in [0.15, 0.2) is 24.3 Å². The van der Waals surface area contributed by atoms with Crippen LogP contribution in [-0.2, 0) is 12.0 Å². The zero-order valence-corrected chi connectivity index (χ0v) is 13.7. The SMILES string of the molecule is CCCn1nc(C)c(N)c1Nc1ccc(C(C)(C)C)cc1. The molecule has 0 radical (unpaired) electrons. The van der Waals surface area contributed by atoms with Crippen LogP contribution in [0.2, 0.25) is 0 Å². The standard InChI is InChI=1S/C17H26N4/c1-6-11-21-16(15(18)12(2)20-21)19-14-9-7-13(8-10-14)17(3,4)5/h7-10,19H,6,11,18H2,1-5H3. The van der Waals surface area contributed by atoms with E-state index in [2.05, 4.69) is 62.4 Å². The van der Waals surface area contributed by atoms with E-state index in [0.717, 1.165) is 35.9 Å². The summed E-state index contributed by atoms with van der Waals surface area (Å²) in [6.07, 6.45) is 1.03. The van der Waals surface area contributed by atoms with E-state index in [4.69, 9.17) is 5.73 Å². The summed E-state index contributed by atoms with van der Waals surface area (Å²) >= 11 is 0. The molecule has 1 heterocycles. The van der Waals surface area contributed by atoms with E-state index in [9.17, 15) is 0 Å². The number of nitrogens with two attached hydrogens (primary N) is 1. The summed E-state index contributed by atoms with van der Waals surface area (Å²) < 4.78 is 1.95. The normalized spacial score (nSPS) is 11.7. The number of nitrogen functional groups attached to an aromatic ring is 1. The van der Waals surface area contributed by atoms with Crippen LogP contribution in [0.3, 0.4) is 0 Å². The van der Waals surface area contributed by atoms with Crippen LogP contribution in [0, 0.1) is 6.92 Å². The fourth-order valence-electron chi connectivity index (χ4n) is 2.29. The molecule has 0 saturated carbocycles. The van der Waals surface area contributed by atoms with Gasteiger partial charge in [0.05, 0.1) is 11.4 Å². The highest BCUT2D eigenvalue weighted by Gasteiger charge is 2.14. The highest BCUT2D eigenvalue weighted by Crippen LogP contribution is 2.28. The van der Waals surface area contributed by atoms with E-state index in [1.165, 1.54) is 5.56 Å². The Morgan fingerprint density at radius 2 is 1.81 bits per heavy atom. The Morgan fingerprint density at radius 1 is 1.19 bits per heavy atom. The minimum atomic E-state index is 0.165. The van der Waals surface area contributed by atoms with Gasteiger partial charge in [-0.25, -0.2) is 4.68 Å². The molecule has 114 valence electrons. The number of nitrogens with zero attached hydrogens (tertiary/aromatic N) is 2. The third-order valence-corrected chi connectivity index (χ3v) is 3.62. The van der Waals surface area contributed by atoms with E-state index in [0.29, 0.717) is 0 Å². The number of hydrogen-bond donors (Lipinski definition) is 2. The average Bonchev–Trinajstić information content (AvgIpc) is 2.67. The molecule has 1 aromatic carbocycles. The molecule has 0 saturated heterocycles. The Morgan fingerprint density at radius 3 is 2.33 bits per heavy atom. The fraction of sp³-hybridized carbons (Fsp3) is 0.471. The van der Waals surface area contributed by atoms with Crippen molar-refractivity contribution in [1.29, 1.82) is 0 Å². The summed E-state index contributed by atoms with van der Waals surface area (Å²) in [7, 11) is 0. The molecule has 0 unspecified atom stereocenters. The molecular formula is C17H26N4. The number of aromatic nitrogens is 2.